The summed E-state index contributed by atoms with van der Waals surface area (Å²) in [6, 6.07) is 7.42. The van der Waals surface area contributed by atoms with Gasteiger partial charge in [-0.3, -0.25) is 0 Å². The molecule has 0 radical (unpaired) electrons. The largest absolute Gasteiger partial charge is 0.490 e. The molecule has 1 aliphatic heterocycles. The molecule has 1 N–H and O–H groups in total. The van der Waals surface area contributed by atoms with Crippen molar-refractivity contribution in [2.45, 2.75) is 43.7 Å². The second-order valence-corrected chi connectivity index (χ2v) is 9.01. The van der Waals surface area contributed by atoms with Crippen LogP contribution in [0.2, 0.25) is 10.0 Å². The summed E-state index contributed by atoms with van der Waals surface area (Å²) >= 11 is 13.8. The third-order valence-electron chi connectivity index (χ3n) is 4.75. The van der Waals surface area contributed by atoms with Gasteiger partial charge in [-0.15, -0.1) is 11.8 Å². The predicted molar refractivity (Wildman–Crippen MR) is 123 cm³/mol. The maximum atomic E-state index is 6.06. The molecule has 3 rings (SSSR count). The standard InChI is InChI=1S/C21H28Cl2N4OS/c1-2-14-29-20-6-10-25-21(26-20)24-9-3-11-27-12-7-16(8-13-27)28-17-4-5-18(22)19(23)15-17/h4-6,10,15-16H,2-3,7-9,11-14H2,1H3,(H,24,25,26). The zero-order chi connectivity index (χ0) is 20.5. The number of hydrogen-bond acceptors (Lipinski definition) is 6. The number of aromatic nitrogens is 2. The molecule has 1 aromatic carbocycles. The zero-order valence-electron chi connectivity index (χ0n) is 16.7. The number of thioether (sulfide) groups is 1. The Bertz CT molecular complexity index is 772. The lowest BCUT2D eigenvalue weighted by molar-refractivity contribution is 0.100. The minimum Gasteiger partial charge on any atom is -0.490 e. The minimum atomic E-state index is 0.235. The highest BCUT2D eigenvalue weighted by Gasteiger charge is 2.20. The number of anilines is 1. The van der Waals surface area contributed by atoms with Gasteiger partial charge in [0.15, 0.2) is 0 Å². The van der Waals surface area contributed by atoms with Gasteiger partial charge in [-0.2, -0.15) is 0 Å². The Balaban J connectivity index is 1.32. The number of benzene rings is 1. The fraction of sp³-hybridized carbons (Fsp3) is 0.524. The molecule has 5 nitrogen and oxygen atoms in total. The summed E-state index contributed by atoms with van der Waals surface area (Å²) < 4.78 is 6.06. The maximum absolute atomic E-state index is 6.06. The summed E-state index contributed by atoms with van der Waals surface area (Å²) in [7, 11) is 0. The Labute approximate surface area is 187 Å². The van der Waals surface area contributed by atoms with E-state index in [1.165, 1.54) is 0 Å². The van der Waals surface area contributed by atoms with Crippen LogP contribution in [-0.2, 0) is 0 Å². The van der Waals surface area contributed by atoms with Gasteiger partial charge >= 0.3 is 0 Å². The molecule has 1 saturated heterocycles. The Morgan fingerprint density at radius 1 is 1.21 bits per heavy atom. The smallest absolute Gasteiger partial charge is 0.223 e. The van der Waals surface area contributed by atoms with E-state index >= 15 is 0 Å². The van der Waals surface area contributed by atoms with Crippen LogP contribution in [0.25, 0.3) is 0 Å². The van der Waals surface area contributed by atoms with Gasteiger partial charge in [0.1, 0.15) is 16.9 Å². The van der Waals surface area contributed by atoms with Gasteiger partial charge in [0.25, 0.3) is 0 Å². The van der Waals surface area contributed by atoms with E-state index in [0.717, 1.165) is 74.3 Å². The topological polar surface area (TPSA) is 50.3 Å². The van der Waals surface area contributed by atoms with Crippen LogP contribution in [0.3, 0.4) is 0 Å². The molecule has 8 heteroatoms. The molecule has 29 heavy (non-hydrogen) atoms. The first kappa shape index (κ1) is 22.5. The SMILES string of the molecule is CCCSc1ccnc(NCCCN2CCC(Oc3ccc(Cl)c(Cl)c3)CC2)n1. The van der Waals surface area contributed by atoms with Crippen LogP contribution < -0.4 is 10.1 Å². The van der Waals surface area contributed by atoms with Crippen LogP contribution in [0.1, 0.15) is 32.6 Å². The first-order valence-electron chi connectivity index (χ1n) is 10.2. The number of likely N-dealkylation sites (tertiary alicyclic amines) is 1. The van der Waals surface area contributed by atoms with Crippen molar-refractivity contribution in [3.8, 4) is 5.75 Å². The summed E-state index contributed by atoms with van der Waals surface area (Å²) in [4.78, 5) is 11.3. The van der Waals surface area contributed by atoms with Crippen molar-refractivity contribution in [1.29, 1.82) is 0 Å². The van der Waals surface area contributed by atoms with Crippen molar-refractivity contribution in [1.82, 2.24) is 14.9 Å². The molecule has 0 amide bonds. The molecule has 1 aliphatic rings. The molecule has 0 atom stereocenters. The molecule has 0 unspecified atom stereocenters. The van der Waals surface area contributed by atoms with Crippen molar-refractivity contribution < 1.29 is 4.74 Å². The number of rotatable bonds is 10. The monoisotopic (exact) mass is 454 g/mol. The number of nitrogens with zero attached hydrogens (tertiary/aromatic N) is 3. The van der Waals surface area contributed by atoms with E-state index in [-0.39, 0.29) is 6.10 Å². The summed E-state index contributed by atoms with van der Waals surface area (Å²) in [5.41, 5.74) is 0. The second-order valence-electron chi connectivity index (χ2n) is 7.08. The van der Waals surface area contributed by atoms with Gasteiger partial charge in [0, 0.05) is 31.9 Å². The van der Waals surface area contributed by atoms with E-state index < -0.39 is 0 Å². The van der Waals surface area contributed by atoms with Crippen LogP contribution in [-0.4, -0.2) is 52.9 Å². The van der Waals surface area contributed by atoms with Gasteiger partial charge in [-0.25, -0.2) is 9.97 Å². The van der Waals surface area contributed by atoms with E-state index in [2.05, 4.69) is 27.1 Å². The summed E-state index contributed by atoms with van der Waals surface area (Å²) in [5.74, 6) is 2.60. The first-order chi connectivity index (χ1) is 14.1. The van der Waals surface area contributed by atoms with Crippen LogP contribution in [0, 0.1) is 0 Å². The minimum absolute atomic E-state index is 0.235. The normalized spacial score (nSPS) is 15.4. The fourth-order valence-electron chi connectivity index (χ4n) is 3.21. The van der Waals surface area contributed by atoms with E-state index in [0.29, 0.717) is 10.0 Å². The molecule has 2 heterocycles. The summed E-state index contributed by atoms with van der Waals surface area (Å²) in [6.45, 7) is 6.21. The molecule has 0 saturated carbocycles. The fourth-order valence-corrected chi connectivity index (χ4v) is 4.22. The molecular weight excluding hydrogens is 427 g/mol. The number of halogens is 2. The molecule has 158 valence electrons. The van der Waals surface area contributed by atoms with Gasteiger partial charge in [0.2, 0.25) is 5.95 Å². The molecule has 2 aromatic rings. The number of hydrogen-bond donors (Lipinski definition) is 1. The average Bonchev–Trinajstić information content (AvgIpc) is 2.74. The zero-order valence-corrected chi connectivity index (χ0v) is 19.1. The van der Waals surface area contributed by atoms with E-state index in [9.17, 15) is 0 Å². The predicted octanol–water partition coefficient (Wildman–Crippen LogP) is 5.63. The molecular formula is C21H28Cl2N4OS. The van der Waals surface area contributed by atoms with E-state index in [4.69, 9.17) is 27.9 Å². The number of piperidine rings is 1. The molecule has 1 aromatic heterocycles. The molecule has 0 spiro atoms. The number of nitrogens with one attached hydrogen (secondary N) is 1. The maximum Gasteiger partial charge on any atom is 0.223 e. The Morgan fingerprint density at radius 3 is 2.79 bits per heavy atom. The van der Waals surface area contributed by atoms with Crippen molar-refractivity contribution in [2.24, 2.45) is 0 Å². The second kappa shape index (κ2) is 11.8. The van der Waals surface area contributed by atoms with Gasteiger partial charge < -0.3 is 15.0 Å². The van der Waals surface area contributed by atoms with Gasteiger partial charge in [-0.05, 0) is 56.2 Å². The van der Waals surface area contributed by atoms with E-state index in [1.807, 2.05) is 18.3 Å². The van der Waals surface area contributed by atoms with Crippen molar-refractivity contribution in [3.05, 3.63) is 40.5 Å². The quantitative estimate of drug-likeness (QED) is 0.285. The lowest BCUT2D eigenvalue weighted by atomic mass is 10.1. The van der Waals surface area contributed by atoms with E-state index in [1.54, 1.807) is 23.9 Å². The average molecular weight is 455 g/mol. The Kier molecular flexibility index (Phi) is 9.18. The highest BCUT2D eigenvalue weighted by molar-refractivity contribution is 7.99. The summed E-state index contributed by atoms with van der Waals surface area (Å²) in [6.07, 6.45) is 6.31. The first-order valence-corrected chi connectivity index (χ1v) is 11.9. The van der Waals surface area contributed by atoms with Crippen LogP contribution in [0.5, 0.6) is 5.75 Å². The lowest BCUT2D eigenvalue weighted by Crippen LogP contribution is -2.39. The van der Waals surface area contributed by atoms with Crippen molar-refractivity contribution in [3.63, 3.8) is 0 Å². The molecule has 0 bridgehead atoms. The number of ether oxygens (including phenoxy) is 1. The van der Waals surface area contributed by atoms with Crippen LogP contribution in [0.15, 0.2) is 35.5 Å². The lowest BCUT2D eigenvalue weighted by Gasteiger charge is -2.32. The van der Waals surface area contributed by atoms with Crippen LogP contribution in [0.4, 0.5) is 5.95 Å². The molecule has 1 fully saturated rings. The van der Waals surface area contributed by atoms with Crippen molar-refractivity contribution >= 4 is 40.9 Å². The highest BCUT2D eigenvalue weighted by atomic mass is 35.5. The van der Waals surface area contributed by atoms with Gasteiger partial charge in [0.05, 0.1) is 10.0 Å². The third kappa shape index (κ3) is 7.52. The highest BCUT2D eigenvalue weighted by Crippen LogP contribution is 2.28. The third-order valence-corrected chi connectivity index (χ3v) is 6.62. The van der Waals surface area contributed by atoms with Crippen molar-refractivity contribution in [2.75, 3.05) is 37.2 Å². The summed E-state index contributed by atoms with van der Waals surface area (Å²) in [5, 5.41) is 5.47. The molecule has 0 aliphatic carbocycles. The Hall–Kier alpha value is -1.21. The van der Waals surface area contributed by atoms with Gasteiger partial charge in [-0.1, -0.05) is 30.1 Å². The Morgan fingerprint density at radius 2 is 2.03 bits per heavy atom. The van der Waals surface area contributed by atoms with Crippen LogP contribution >= 0.6 is 35.0 Å².